The van der Waals surface area contributed by atoms with Crippen LogP contribution in [0.4, 0.5) is 0 Å². The maximum atomic E-state index is 12.9. The second-order valence-electron chi connectivity index (χ2n) is 10.5. The number of aliphatic hydroxyl groups excluding tert-OH is 1. The van der Waals surface area contributed by atoms with E-state index < -0.39 is 6.10 Å². The number of amides is 2. The molecule has 1 aromatic carbocycles. The Morgan fingerprint density at radius 3 is 2.65 bits per heavy atom. The van der Waals surface area contributed by atoms with Crippen molar-refractivity contribution in [2.24, 2.45) is 29.1 Å². The molecule has 186 valence electrons. The van der Waals surface area contributed by atoms with E-state index in [2.05, 4.69) is 25.2 Å². The van der Waals surface area contributed by atoms with E-state index in [4.69, 9.17) is 10.00 Å². The Hall–Kier alpha value is -2.59. The molecule has 2 aliphatic rings. The molecule has 2 fully saturated rings. The van der Waals surface area contributed by atoms with Crippen molar-refractivity contribution in [3.8, 4) is 11.8 Å². The molecule has 2 saturated carbocycles. The molecule has 2 N–H and O–H groups in total. The number of benzene rings is 1. The van der Waals surface area contributed by atoms with Gasteiger partial charge in [-0.15, -0.1) is 0 Å². The molecule has 34 heavy (non-hydrogen) atoms. The zero-order valence-electron chi connectivity index (χ0n) is 20.9. The number of nitrogens with zero attached hydrogens (tertiary/aromatic N) is 2. The van der Waals surface area contributed by atoms with E-state index in [-0.39, 0.29) is 53.5 Å². The van der Waals surface area contributed by atoms with Crippen molar-refractivity contribution >= 4 is 11.8 Å². The zero-order chi connectivity index (χ0) is 24.9. The van der Waals surface area contributed by atoms with Gasteiger partial charge in [0.15, 0.2) is 6.61 Å². The van der Waals surface area contributed by atoms with E-state index in [0.717, 1.165) is 25.7 Å². The number of nitriles is 1. The number of ether oxygens (including phenoxy) is 1. The maximum Gasteiger partial charge on any atom is 0.258 e. The van der Waals surface area contributed by atoms with Crippen LogP contribution in [0, 0.1) is 40.4 Å². The van der Waals surface area contributed by atoms with E-state index in [0.29, 0.717) is 18.7 Å². The van der Waals surface area contributed by atoms with Gasteiger partial charge in [-0.2, -0.15) is 5.26 Å². The predicted octanol–water partition coefficient (Wildman–Crippen LogP) is 3.38. The van der Waals surface area contributed by atoms with E-state index in [9.17, 15) is 14.7 Å². The average molecular weight is 470 g/mol. The summed E-state index contributed by atoms with van der Waals surface area (Å²) in [5, 5.41) is 23.5. The van der Waals surface area contributed by atoms with Gasteiger partial charge in [-0.3, -0.25) is 9.59 Å². The number of carbonyl (C=O) groups excluding carboxylic acids is 2. The van der Waals surface area contributed by atoms with Gasteiger partial charge < -0.3 is 20.1 Å². The summed E-state index contributed by atoms with van der Waals surface area (Å²) in [6.45, 7) is 6.62. The zero-order valence-corrected chi connectivity index (χ0v) is 20.9. The Morgan fingerprint density at radius 2 is 1.97 bits per heavy atom. The molecule has 2 aliphatic carbocycles. The molecule has 3 rings (SSSR count). The molecule has 1 unspecified atom stereocenters. The third-order valence-corrected chi connectivity index (χ3v) is 8.31. The number of hydrogen-bond acceptors (Lipinski definition) is 5. The molecular formula is C27H39N3O4. The highest BCUT2D eigenvalue weighted by Crippen LogP contribution is 2.55. The molecule has 2 amide bonds. The van der Waals surface area contributed by atoms with Gasteiger partial charge in [0.1, 0.15) is 5.75 Å². The van der Waals surface area contributed by atoms with Crippen LogP contribution in [0.25, 0.3) is 0 Å². The van der Waals surface area contributed by atoms with Crippen molar-refractivity contribution in [3.05, 3.63) is 30.3 Å². The second-order valence-corrected chi connectivity index (χ2v) is 10.5. The number of aliphatic hydroxyl groups is 1. The van der Waals surface area contributed by atoms with Gasteiger partial charge in [-0.1, -0.05) is 39.0 Å². The Kier molecular flexibility index (Phi) is 8.59. The fraction of sp³-hybridized carbons (Fsp3) is 0.667. The largest absolute Gasteiger partial charge is 0.484 e. The second kappa shape index (κ2) is 11.2. The van der Waals surface area contributed by atoms with Crippen molar-refractivity contribution in [1.82, 2.24) is 10.2 Å². The molecule has 0 spiro atoms. The van der Waals surface area contributed by atoms with E-state index >= 15 is 0 Å². The normalized spacial score (nSPS) is 31.5. The summed E-state index contributed by atoms with van der Waals surface area (Å²) in [6.07, 6.45) is 3.25. The first kappa shape index (κ1) is 26.0. The molecule has 0 radical (unpaired) electrons. The molecule has 0 aromatic heterocycles. The van der Waals surface area contributed by atoms with Crippen LogP contribution in [0.15, 0.2) is 30.3 Å². The van der Waals surface area contributed by atoms with Crippen LogP contribution >= 0.6 is 0 Å². The minimum absolute atomic E-state index is 0.00000584. The summed E-state index contributed by atoms with van der Waals surface area (Å²) in [4.78, 5) is 27.2. The van der Waals surface area contributed by atoms with Crippen molar-refractivity contribution in [2.45, 2.75) is 65.0 Å². The van der Waals surface area contributed by atoms with Crippen molar-refractivity contribution < 1.29 is 19.4 Å². The van der Waals surface area contributed by atoms with Crippen LogP contribution in [-0.4, -0.2) is 54.2 Å². The molecule has 7 heteroatoms. The summed E-state index contributed by atoms with van der Waals surface area (Å²) in [5.41, 5.74) is -0.00736. The number of carbonyl (C=O) groups is 2. The first-order chi connectivity index (χ1) is 16.2. The Labute approximate surface area is 203 Å². The van der Waals surface area contributed by atoms with Crippen LogP contribution in [0.3, 0.4) is 0 Å². The lowest BCUT2D eigenvalue weighted by Crippen LogP contribution is -2.59. The topological polar surface area (TPSA) is 103 Å². The summed E-state index contributed by atoms with van der Waals surface area (Å²) in [5.74, 6) is 0.114. The first-order valence-electron chi connectivity index (χ1n) is 12.4. The van der Waals surface area contributed by atoms with Gasteiger partial charge in [0, 0.05) is 25.6 Å². The third kappa shape index (κ3) is 5.72. The lowest BCUT2D eigenvalue weighted by Gasteiger charge is -2.56. The molecule has 0 bridgehead atoms. The van der Waals surface area contributed by atoms with Crippen molar-refractivity contribution in [2.75, 3.05) is 20.2 Å². The molecule has 0 aliphatic heterocycles. The van der Waals surface area contributed by atoms with Crippen LogP contribution in [0.2, 0.25) is 0 Å². The number of rotatable bonds is 8. The first-order valence-corrected chi connectivity index (χ1v) is 12.4. The lowest BCUT2D eigenvalue weighted by molar-refractivity contribution is -0.150. The predicted molar refractivity (Wildman–Crippen MR) is 130 cm³/mol. The monoisotopic (exact) mass is 469 g/mol. The lowest BCUT2D eigenvalue weighted by atomic mass is 9.51. The summed E-state index contributed by atoms with van der Waals surface area (Å²) < 4.78 is 5.59. The van der Waals surface area contributed by atoms with E-state index in [1.165, 1.54) is 0 Å². The standard InChI is InChI=1S/C27H39N3O4/c1-18(26(33)30(4)16-8-15-28)21-11-13-27(3)14-12-22(19(2)24(27)25(21)32)29-23(31)17-34-20-9-6-5-7-10-20/h5-7,9-10,18-19,21-22,24-25,32H,8,11-14,16-17H2,1-4H3,(H,29,31)/t18-,19+,21?,22-,24+,25-,27-/m0/s1. The van der Waals surface area contributed by atoms with Gasteiger partial charge in [0.05, 0.1) is 18.6 Å². The quantitative estimate of drug-likeness (QED) is 0.608. The smallest absolute Gasteiger partial charge is 0.258 e. The minimum Gasteiger partial charge on any atom is -0.484 e. The summed E-state index contributed by atoms with van der Waals surface area (Å²) in [6, 6.07) is 11.3. The third-order valence-electron chi connectivity index (χ3n) is 8.31. The number of nitrogens with one attached hydrogen (secondary N) is 1. The molecule has 7 atom stereocenters. The minimum atomic E-state index is -0.614. The van der Waals surface area contributed by atoms with Crippen LogP contribution < -0.4 is 10.1 Å². The molecule has 7 nitrogen and oxygen atoms in total. The highest BCUT2D eigenvalue weighted by Gasteiger charge is 2.54. The van der Waals surface area contributed by atoms with Gasteiger partial charge >= 0.3 is 0 Å². The van der Waals surface area contributed by atoms with E-state index in [1.807, 2.05) is 37.3 Å². The van der Waals surface area contributed by atoms with Crippen molar-refractivity contribution in [1.29, 1.82) is 5.26 Å². The molecule has 0 heterocycles. The SMILES string of the molecule is C[C@H]1[C@@H]2[C@@H](O)C([C@H](C)C(=O)N(C)CCC#N)CC[C@@]2(C)CC[C@@H]1NC(=O)COc1ccccc1. The molecule has 0 saturated heterocycles. The number of fused-ring (bicyclic) bond motifs is 1. The Balaban J connectivity index is 1.64. The van der Waals surface area contributed by atoms with Gasteiger partial charge in [0.2, 0.25) is 5.91 Å². The van der Waals surface area contributed by atoms with Crippen LogP contribution in [-0.2, 0) is 9.59 Å². The number of hydrogen-bond donors (Lipinski definition) is 2. The Morgan fingerprint density at radius 1 is 1.29 bits per heavy atom. The molecular weight excluding hydrogens is 430 g/mol. The fourth-order valence-electron chi connectivity index (χ4n) is 6.27. The maximum absolute atomic E-state index is 12.9. The van der Waals surface area contributed by atoms with Gasteiger partial charge in [0.25, 0.3) is 5.91 Å². The fourth-order valence-corrected chi connectivity index (χ4v) is 6.27. The van der Waals surface area contributed by atoms with Gasteiger partial charge in [-0.25, -0.2) is 0 Å². The average Bonchev–Trinajstić information content (AvgIpc) is 2.83. The summed E-state index contributed by atoms with van der Waals surface area (Å²) in [7, 11) is 1.72. The number of para-hydroxylation sites is 1. The van der Waals surface area contributed by atoms with Crippen LogP contribution in [0.1, 0.15) is 52.9 Å². The van der Waals surface area contributed by atoms with Gasteiger partial charge in [-0.05, 0) is 61.0 Å². The summed E-state index contributed by atoms with van der Waals surface area (Å²) >= 11 is 0. The van der Waals surface area contributed by atoms with E-state index in [1.54, 1.807) is 11.9 Å². The molecule has 1 aromatic rings. The van der Waals surface area contributed by atoms with Crippen molar-refractivity contribution in [3.63, 3.8) is 0 Å². The highest BCUT2D eigenvalue weighted by atomic mass is 16.5. The highest BCUT2D eigenvalue weighted by molar-refractivity contribution is 5.79. The Bertz CT molecular complexity index is 886. The van der Waals surface area contributed by atoms with Crippen LogP contribution in [0.5, 0.6) is 5.75 Å².